The van der Waals surface area contributed by atoms with Crippen molar-refractivity contribution in [1.82, 2.24) is 9.88 Å². The number of rotatable bonds is 2. The van der Waals surface area contributed by atoms with Gasteiger partial charge in [0.05, 0.1) is 0 Å². The Morgan fingerprint density at radius 2 is 2.33 bits per heavy atom. The van der Waals surface area contributed by atoms with Crippen molar-refractivity contribution in [3.05, 3.63) is 23.9 Å². The number of hydrogen-bond donors (Lipinski definition) is 1. The summed E-state index contributed by atoms with van der Waals surface area (Å²) in [4.78, 5) is 6.48. The molecule has 1 aromatic heterocycles. The van der Waals surface area contributed by atoms with E-state index in [9.17, 15) is 0 Å². The van der Waals surface area contributed by atoms with Crippen molar-refractivity contribution in [3.8, 4) is 0 Å². The minimum atomic E-state index is 0.471. The molecule has 1 fully saturated rings. The van der Waals surface area contributed by atoms with Gasteiger partial charge >= 0.3 is 0 Å². The molecule has 1 aliphatic heterocycles. The van der Waals surface area contributed by atoms with E-state index in [4.69, 9.17) is 5.73 Å². The molecule has 0 atom stereocenters. The Kier molecular flexibility index (Phi) is 2.65. The summed E-state index contributed by atoms with van der Waals surface area (Å²) in [7, 11) is 0. The molecule has 1 saturated heterocycles. The molecule has 0 spiro atoms. The van der Waals surface area contributed by atoms with Crippen LogP contribution in [0.25, 0.3) is 0 Å². The van der Waals surface area contributed by atoms with E-state index in [2.05, 4.69) is 23.7 Å². The van der Waals surface area contributed by atoms with E-state index in [1.54, 1.807) is 6.20 Å². The number of anilines is 1. The van der Waals surface area contributed by atoms with Crippen LogP contribution in [0, 0.1) is 5.41 Å². The average molecular weight is 205 g/mol. The molecule has 0 saturated carbocycles. The van der Waals surface area contributed by atoms with Crippen molar-refractivity contribution in [3.63, 3.8) is 0 Å². The number of hydrogen-bond acceptors (Lipinski definition) is 3. The number of likely N-dealkylation sites (tertiary alicyclic amines) is 1. The maximum absolute atomic E-state index is 5.66. The van der Waals surface area contributed by atoms with E-state index in [-0.39, 0.29) is 0 Å². The fourth-order valence-corrected chi connectivity index (χ4v) is 2.21. The minimum Gasteiger partial charge on any atom is -0.384 e. The molecule has 0 radical (unpaired) electrons. The maximum Gasteiger partial charge on any atom is 0.123 e. The standard InChI is InChI=1S/C12H19N3/c1-12(2)4-6-15(9-12)8-10-3-5-14-11(13)7-10/h3,5,7H,4,6,8-9H2,1-2H3,(H2,13,14). The fraction of sp³-hybridized carbons (Fsp3) is 0.583. The van der Waals surface area contributed by atoms with E-state index < -0.39 is 0 Å². The number of nitrogen functional groups attached to an aromatic ring is 1. The molecule has 2 heterocycles. The largest absolute Gasteiger partial charge is 0.384 e. The van der Waals surface area contributed by atoms with Gasteiger partial charge in [0.25, 0.3) is 0 Å². The zero-order chi connectivity index (χ0) is 10.9. The van der Waals surface area contributed by atoms with Gasteiger partial charge in [-0.1, -0.05) is 13.8 Å². The van der Waals surface area contributed by atoms with Crippen LogP contribution in [0.4, 0.5) is 5.82 Å². The third kappa shape index (κ3) is 2.69. The van der Waals surface area contributed by atoms with E-state index in [1.807, 2.05) is 12.1 Å². The quantitative estimate of drug-likeness (QED) is 0.801. The molecule has 2 N–H and O–H groups in total. The lowest BCUT2D eigenvalue weighted by molar-refractivity contribution is 0.284. The summed E-state index contributed by atoms with van der Waals surface area (Å²) in [5.74, 6) is 0.617. The highest BCUT2D eigenvalue weighted by Gasteiger charge is 2.28. The predicted octanol–water partition coefficient (Wildman–Crippen LogP) is 1.90. The highest BCUT2D eigenvalue weighted by molar-refractivity contribution is 5.31. The SMILES string of the molecule is CC1(C)CCN(Cc2ccnc(N)c2)C1. The number of pyridine rings is 1. The Morgan fingerprint density at radius 1 is 1.53 bits per heavy atom. The molecule has 15 heavy (non-hydrogen) atoms. The monoisotopic (exact) mass is 205 g/mol. The number of nitrogens with two attached hydrogens (primary N) is 1. The molecule has 0 bridgehead atoms. The molecule has 3 nitrogen and oxygen atoms in total. The van der Waals surface area contributed by atoms with Crippen LogP contribution >= 0.6 is 0 Å². The first-order chi connectivity index (χ1) is 7.05. The summed E-state index contributed by atoms with van der Waals surface area (Å²) in [6, 6.07) is 4.01. The molecular weight excluding hydrogens is 186 g/mol. The molecule has 0 aliphatic carbocycles. The van der Waals surface area contributed by atoms with Crippen LogP contribution in [0.1, 0.15) is 25.8 Å². The highest BCUT2D eigenvalue weighted by Crippen LogP contribution is 2.29. The molecule has 0 amide bonds. The van der Waals surface area contributed by atoms with Gasteiger partial charge in [0.1, 0.15) is 5.82 Å². The van der Waals surface area contributed by atoms with Gasteiger partial charge in [-0.15, -0.1) is 0 Å². The molecule has 0 aromatic carbocycles. The second-order valence-electron chi connectivity index (χ2n) is 5.21. The predicted molar refractivity (Wildman–Crippen MR) is 62.3 cm³/mol. The van der Waals surface area contributed by atoms with E-state index >= 15 is 0 Å². The van der Waals surface area contributed by atoms with Crippen molar-refractivity contribution in [2.24, 2.45) is 5.41 Å². The van der Waals surface area contributed by atoms with Gasteiger partial charge in [0.15, 0.2) is 0 Å². The van der Waals surface area contributed by atoms with Gasteiger partial charge in [-0.25, -0.2) is 4.98 Å². The highest BCUT2D eigenvalue weighted by atomic mass is 15.1. The van der Waals surface area contributed by atoms with Gasteiger partial charge in [-0.3, -0.25) is 4.90 Å². The Morgan fingerprint density at radius 3 is 2.93 bits per heavy atom. The Labute approximate surface area is 91.3 Å². The van der Waals surface area contributed by atoms with Crippen molar-refractivity contribution in [2.45, 2.75) is 26.8 Å². The summed E-state index contributed by atoms with van der Waals surface area (Å²) >= 11 is 0. The van der Waals surface area contributed by atoms with Crippen molar-refractivity contribution >= 4 is 5.82 Å². The Balaban J connectivity index is 1.99. The molecular formula is C12H19N3. The zero-order valence-electron chi connectivity index (χ0n) is 9.53. The van der Waals surface area contributed by atoms with Crippen LogP contribution in [0.15, 0.2) is 18.3 Å². The van der Waals surface area contributed by atoms with Crippen molar-refractivity contribution in [2.75, 3.05) is 18.8 Å². The minimum absolute atomic E-state index is 0.471. The van der Waals surface area contributed by atoms with Gasteiger partial charge < -0.3 is 5.73 Å². The van der Waals surface area contributed by atoms with E-state index in [0.717, 1.165) is 6.54 Å². The summed E-state index contributed by atoms with van der Waals surface area (Å²) in [5, 5.41) is 0. The summed E-state index contributed by atoms with van der Waals surface area (Å²) in [6.45, 7) is 8.02. The summed E-state index contributed by atoms with van der Waals surface area (Å²) < 4.78 is 0. The van der Waals surface area contributed by atoms with Crippen LogP contribution in [-0.4, -0.2) is 23.0 Å². The zero-order valence-corrected chi connectivity index (χ0v) is 9.53. The molecule has 0 unspecified atom stereocenters. The molecule has 2 rings (SSSR count). The smallest absolute Gasteiger partial charge is 0.123 e. The molecule has 3 heteroatoms. The lowest BCUT2D eigenvalue weighted by atomic mass is 9.93. The van der Waals surface area contributed by atoms with Crippen molar-refractivity contribution < 1.29 is 0 Å². The first-order valence-electron chi connectivity index (χ1n) is 5.48. The first kappa shape index (κ1) is 10.4. The van der Waals surface area contributed by atoms with E-state index in [0.29, 0.717) is 11.2 Å². The fourth-order valence-electron chi connectivity index (χ4n) is 2.21. The Hall–Kier alpha value is -1.09. The van der Waals surface area contributed by atoms with Crippen LogP contribution in [0.3, 0.4) is 0 Å². The van der Waals surface area contributed by atoms with Gasteiger partial charge in [-0.05, 0) is 36.1 Å². The third-order valence-electron chi connectivity index (χ3n) is 3.01. The number of nitrogens with zero attached hydrogens (tertiary/aromatic N) is 2. The van der Waals surface area contributed by atoms with Gasteiger partial charge in [-0.2, -0.15) is 0 Å². The van der Waals surface area contributed by atoms with Crippen LogP contribution < -0.4 is 5.73 Å². The topological polar surface area (TPSA) is 42.2 Å². The molecule has 82 valence electrons. The Bertz CT molecular complexity index is 346. The average Bonchev–Trinajstić information content (AvgIpc) is 2.45. The second-order valence-corrected chi connectivity index (χ2v) is 5.21. The molecule has 1 aromatic rings. The van der Waals surface area contributed by atoms with Crippen LogP contribution in [-0.2, 0) is 6.54 Å². The first-order valence-corrected chi connectivity index (χ1v) is 5.48. The van der Waals surface area contributed by atoms with Crippen LogP contribution in [0.5, 0.6) is 0 Å². The third-order valence-corrected chi connectivity index (χ3v) is 3.01. The lowest BCUT2D eigenvalue weighted by Crippen LogP contribution is -2.22. The molecule has 1 aliphatic rings. The van der Waals surface area contributed by atoms with Crippen molar-refractivity contribution in [1.29, 1.82) is 0 Å². The second kappa shape index (κ2) is 3.81. The van der Waals surface area contributed by atoms with Gasteiger partial charge in [0, 0.05) is 19.3 Å². The van der Waals surface area contributed by atoms with Gasteiger partial charge in [0.2, 0.25) is 0 Å². The summed E-state index contributed by atoms with van der Waals surface area (Å²) in [6.07, 6.45) is 3.07. The van der Waals surface area contributed by atoms with E-state index in [1.165, 1.54) is 25.1 Å². The normalized spacial score (nSPS) is 20.7. The van der Waals surface area contributed by atoms with Crippen LogP contribution in [0.2, 0.25) is 0 Å². The number of aromatic nitrogens is 1. The maximum atomic E-state index is 5.66. The summed E-state index contributed by atoms with van der Waals surface area (Å²) in [5.41, 5.74) is 7.39. The lowest BCUT2D eigenvalue weighted by Gasteiger charge is -2.19.